The minimum absolute atomic E-state index is 0.165. The summed E-state index contributed by atoms with van der Waals surface area (Å²) in [5.74, 6) is -0.203. The average molecular weight is 196 g/mol. The second-order valence-corrected chi connectivity index (χ2v) is 2.80. The Morgan fingerprint density at radius 3 is 3.07 bits per heavy atom. The maximum absolute atomic E-state index is 10.7. The van der Waals surface area contributed by atoms with Gasteiger partial charge < -0.3 is 16.2 Å². The van der Waals surface area contributed by atoms with Crippen molar-refractivity contribution in [2.24, 2.45) is 5.73 Å². The van der Waals surface area contributed by atoms with Crippen molar-refractivity contribution >= 4 is 11.9 Å². The van der Waals surface area contributed by atoms with Crippen molar-refractivity contribution in [1.82, 2.24) is 9.97 Å². The summed E-state index contributed by atoms with van der Waals surface area (Å²) in [6.07, 6.45) is 1.49. The Morgan fingerprint density at radius 1 is 1.79 bits per heavy atom. The maximum Gasteiger partial charge on any atom is 0.239 e. The molecule has 1 amide bonds. The van der Waals surface area contributed by atoms with Crippen LogP contribution in [0.1, 0.15) is 12.6 Å². The number of aromatic nitrogens is 2. The highest BCUT2D eigenvalue weighted by Crippen LogP contribution is 2.01. The molecule has 0 fully saturated rings. The Bertz CT molecular complexity index is 329. The number of amides is 1. The van der Waals surface area contributed by atoms with Gasteiger partial charge in [-0.2, -0.15) is 0 Å². The Labute approximate surface area is 81.2 Å². The summed E-state index contributed by atoms with van der Waals surface area (Å²) in [4.78, 5) is 18.5. The molecule has 76 valence electrons. The lowest BCUT2D eigenvalue weighted by Crippen LogP contribution is -2.33. The number of carbonyl (C=O) groups is 1. The van der Waals surface area contributed by atoms with Gasteiger partial charge in [-0.05, 0) is 13.0 Å². The zero-order valence-corrected chi connectivity index (χ0v) is 7.77. The van der Waals surface area contributed by atoms with Gasteiger partial charge in [0.2, 0.25) is 11.9 Å². The quantitative estimate of drug-likeness (QED) is 0.588. The van der Waals surface area contributed by atoms with E-state index in [4.69, 9.17) is 10.8 Å². The topological polar surface area (TPSA) is 101 Å². The molecule has 0 aromatic carbocycles. The number of primary amides is 1. The van der Waals surface area contributed by atoms with Crippen LogP contribution in [0, 0.1) is 0 Å². The molecule has 14 heavy (non-hydrogen) atoms. The van der Waals surface area contributed by atoms with E-state index in [2.05, 4.69) is 15.3 Å². The Morgan fingerprint density at radius 2 is 2.50 bits per heavy atom. The van der Waals surface area contributed by atoms with Crippen molar-refractivity contribution in [3.8, 4) is 0 Å². The first-order valence-corrected chi connectivity index (χ1v) is 4.12. The molecular formula is C8H12N4O2. The lowest BCUT2D eigenvalue weighted by atomic mass is 10.3. The van der Waals surface area contributed by atoms with Gasteiger partial charge in [0.25, 0.3) is 0 Å². The molecule has 0 saturated carbocycles. The summed E-state index contributed by atoms with van der Waals surface area (Å²) in [6.45, 7) is 1.44. The molecule has 0 radical (unpaired) electrons. The SMILES string of the molecule is C[C@@H](Nc1nccc(CO)n1)C(N)=O. The van der Waals surface area contributed by atoms with Crippen LogP contribution in [0.15, 0.2) is 12.3 Å². The van der Waals surface area contributed by atoms with Crippen molar-refractivity contribution < 1.29 is 9.90 Å². The van der Waals surface area contributed by atoms with Crippen LogP contribution in [0.25, 0.3) is 0 Å². The van der Waals surface area contributed by atoms with E-state index in [0.717, 1.165) is 0 Å². The van der Waals surface area contributed by atoms with Crippen LogP contribution >= 0.6 is 0 Å². The minimum atomic E-state index is -0.538. The molecule has 1 aromatic heterocycles. The molecule has 0 saturated heterocycles. The van der Waals surface area contributed by atoms with Crippen molar-refractivity contribution in [3.63, 3.8) is 0 Å². The number of anilines is 1. The van der Waals surface area contributed by atoms with E-state index in [9.17, 15) is 4.79 Å². The number of hydrogen-bond acceptors (Lipinski definition) is 5. The third-order valence-electron chi connectivity index (χ3n) is 1.65. The van der Waals surface area contributed by atoms with E-state index in [1.807, 2.05) is 0 Å². The fourth-order valence-electron chi connectivity index (χ4n) is 0.818. The first-order chi connectivity index (χ1) is 6.63. The first-order valence-electron chi connectivity index (χ1n) is 4.12. The van der Waals surface area contributed by atoms with Crippen LogP contribution in [0.5, 0.6) is 0 Å². The Balaban J connectivity index is 2.71. The van der Waals surface area contributed by atoms with Crippen LogP contribution in [0.4, 0.5) is 5.95 Å². The highest BCUT2D eigenvalue weighted by atomic mass is 16.3. The third-order valence-corrected chi connectivity index (χ3v) is 1.65. The molecule has 6 nitrogen and oxygen atoms in total. The molecule has 1 aromatic rings. The highest BCUT2D eigenvalue weighted by molar-refractivity contribution is 5.81. The van der Waals surface area contributed by atoms with Gasteiger partial charge in [-0.3, -0.25) is 4.79 Å². The van der Waals surface area contributed by atoms with Gasteiger partial charge in [0.15, 0.2) is 0 Å². The monoisotopic (exact) mass is 196 g/mol. The van der Waals surface area contributed by atoms with Gasteiger partial charge in [0.1, 0.15) is 6.04 Å². The largest absolute Gasteiger partial charge is 0.390 e. The molecule has 0 unspecified atom stereocenters. The maximum atomic E-state index is 10.7. The summed E-state index contributed by atoms with van der Waals surface area (Å²) in [5, 5.41) is 11.5. The second kappa shape index (κ2) is 4.52. The molecule has 0 aliphatic rings. The molecule has 1 rings (SSSR count). The van der Waals surface area contributed by atoms with E-state index in [0.29, 0.717) is 5.69 Å². The van der Waals surface area contributed by atoms with Crippen LogP contribution in [0.3, 0.4) is 0 Å². The molecule has 4 N–H and O–H groups in total. The zero-order chi connectivity index (χ0) is 10.6. The number of nitrogens with two attached hydrogens (primary N) is 1. The number of aliphatic hydroxyl groups is 1. The lowest BCUT2D eigenvalue weighted by Gasteiger charge is -2.09. The van der Waals surface area contributed by atoms with Gasteiger partial charge in [-0.25, -0.2) is 9.97 Å². The number of aliphatic hydroxyl groups excluding tert-OH is 1. The van der Waals surface area contributed by atoms with Crippen LogP contribution in [0.2, 0.25) is 0 Å². The van der Waals surface area contributed by atoms with Crippen LogP contribution in [-0.2, 0) is 11.4 Å². The first kappa shape index (κ1) is 10.4. The van der Waals surface area contributed by atoms with Crippen molar-refractivity contribution in [1.29, 1.82) is 0 Å². The summed E-state index contributed by atoms with van der Waals surface area (Å²) in [5.41, 5.74) is 5.53. The Hall–Kier alpha value is -1.69. The second-order valence-electron chi connectivity index (χ2n) is 2.80. The van der Waals surface area contributed by atoms with Crippen molar-refractivity contribution in [3.05, 3.63) is 18.0 Å². The highest BCUT2D eigenvalue weighted by Gasteiger charge is 2.09. The average Bonchev–Trinajstić information content (AvgIpc) is 2.18. The normalized spacial score (nSPS) is 12.1. The fraction of sp³-hybridized carbons (Fsp3) is 0.375. The number of nitrogens with zero attached hydrogens (tertiary/aromatic N) is 2. The number of rotatable bonds is 4. The molecule has 0 bridgehead atoms. The summed E-state index contributed by atoms with van der Waals surface area (Å²) in [7, 11) is 0. The molecule has 0 spiro atoms. The number of carbonyl (C=O) groups excluding carboxylic acids is 1. The fourth-order valence-corrected chi connectivity index (χ4v) is 0.818. The van der Waals surface area contributed by atoms with E-state index >= 15 is 0 Å². The predicted molar refractivity (Wildman–Crippen MR) is 50.2 cm³/mol. The van der Waals surface area contributed by atoms with Crippen LogP contribution < -0.4 is 11.1 Å². The molecule has 0 aliphatic carbocycles. The standard InChI is InChI=1S/C8H12N4O2/c1-5(7(9)14)11-8-10-3-2-6(4-13)12-8/h2-3,5,13H,4H2,1H3,(H2,9,14)(H,10,11,12)/t5-/m1/s1. The van der Waals surface area contributed by atoms with E-state index in [1.54, 1.807) is 13.0 Å². The van der Waals surface area contributed by atoms with E-state index in [1.165, 1.54) is 6.20 Å². The molecular weight excluding hydrogens is 184 g/mol. The van der Waals surface area contributed by atoms with Gasteiger partial charge in [-0.1, -0.05) is 0 Å². The van der Waals surface area contributed by atoms with Gasteiger partial charge in [0.05, 0.1) is 12.3 Å². The molecule has 6 heteroatoms. The summed E-state index contributed by atoms with van der Waals surface area (Å²) >= 11 is 0. The molecule has 1 atom stereocenters. The van der Waals surface area contributed by atoms with Crippen molar-refractivity contribution in [2.75, 3.05) is 5.32 Å². The van der Waals surface area contributed by atoms with E-state index < -0.39 is 11.9 Å². The van der Waals surface area contributed by atoms with Gasteiger partial charge in [-0.15, -0.1) is 0 Å². The van der Waals surface area contributed by atoms with Gasteiger partial charge in [0, 0.05) is 6.20 Å². The van der Waals surface area contributed by atoms with E-state index in [-0.39, 0.29) is 12.6 Å². The summed E-state index contributed by atoms with van der Waals surface area (Å²) in [6, 6.07) is 1.05. The number of nitrogens with one attached hydrogen (secondary N) is 1. The zero-order valence-electron chi connectivity index (χ0n) is 7.77. The minimum Gasteiger partial charge on any atom is -0.390 e. The molecule has 1 heterocycles. The number of hydrogen-bond donors (Lipinski definition) is 3. The van der Waals surface area contributed by atoms with Crippen molar-refractivity contribution in [2.45, 2.75) is 19.6 Å². The Kier molecular flexibility index (Phi) is 3.35. The molecule has 0 aliphatic heterocycles. The smallest absolute Gasteiger partial charge is 0.239 e. The third kappa shape index (κ3) is 2.67. The van der Waals surface area contributed by atoms with Gasteiger partial charge >= 0.3 is 0 Å². The summed E-state index contributed by atoms with van der Waals surface area (Å²) < 4.78 is 0. The predicted octanol–water partition coefficient (Wildman–Crippen LogP) is -0.745. The van der Waals surface area contributed by atoms with Crippen LogP contribution in [-0.4, -0.2) is 27.0 Å². The lowest BCUT2D eigenvalue weighted by molar-refractivity contribution is -0.118.